The predicted molar refractivity (Wildman–Crippen MR) is 98.0 cm³/mol. The fraction of sp³-hybridized carbons (Fsp3) is 0.316. The maximum atomic E-state index is 8.57. The molecule has 126 valence electrons. The number of ether oxygens (including phenoxy) is 2. The van der Waals surface area contributed by atoms with E-state index in [0.29, 0.717) is 25.2 Å². The molecular formula is C19H21BrN2O2. The minimum atomic E-state index is 0.497. The number of hydrogen-bond acceptors (Lipinski definition) is 4. The van der Waals surface area contributed by atoms with Crippen LogP contribution in [0.4, 0.5) is 0 Å². The van der Waals surface area contributed by atoms with E-state index in [-0.39, 0.29) is 0 Å². The number of nitrogens with zero attached hydrogens (tertiary/aromatic N) is 1. The van der Waals surface area contributed by atoms with Crippen molar-refractivity contribution in [1.29, 1.82) is 5.26 Å². The molecule has 0 radical (unpaired) electrons. The average molecular weight is 389 g/mol. The molecule has 0 aliphatic heterocycles. The Hall–Kier alpha value is -2.03. The third-order valence-corrected chi connectivity index (χ3v) is 4.02. The van der Waals surface area contributed by atoms with E-state index in [1.165, 1.54) is 5.56 Å². The van der Waals surface area contributed by atoms with Crippen molar-refractivity contribution in [1.82, 2.24) is 5.32 Å². The summed E-state index contributed by atoms with van der Waals surface area (Å²) in [5, 5.41) is 12.0. The van der Waals surface area contributed by atoms with Crippen LogP contribution in [0, 0.1) is 11.3 Å². The number of nitrogens with one attached hydrogen (secondary N) is 1. The molecular weight excluding hydrogens is 368 g/mol. The van der Waals surface area contributed by atoms with Crippen LogP contribution in [0.2, 0.25) is 0 Å². The average Bonchev–Trinajstić information content (AvgIpc) is 2.61. The summed E-state index contributed by atoms with van der Waals surface area (Å²) in [4.78, 5) is 0. The highest BCUT2D eigenvalue weighted by Gasteiger charge is 2.06. The topological polar surface area (TPSA) is 54.3 Å². The zero-order valence-electron chi connectivity index (χ0n) is 13.7. The third-order valence-electron chi connectivity index (χ3n) is 3.49. The molecule has 0 aliphatic carbocycles. The fourth-order valence-electron chi connectivity index (χ4n) is 2.23. The molecule has 2 aromatic rings. The molecule has 0 aromatic heterocycles. The SMILES string of the molecule is COc1ccc(CNCc2ccc(Br)cc2)cc1OCCCC#N. The van der Waals surface area contributed by atoms with Gasteiger partial charge in [-0.05, 0) is 41.8 Å². The minimum Gasteiger partial charge on any atom is -0.493 e. The fourth-order valence-corrected chi connectivity index (χ4v) is 2.49. The number of benzene rings is 2. The molecule has 4 nitrogen and oxygen atoms in total. The smallest absolute Gasteiger partial charge is 0.161 e. The Morgan fingerprint density at radius 2 is 1.75 bits per heavy atom. The number of unbranched alkanes of at least 4 members (excludes halogenated alkanes) is 1. The van der Waals surface area contributed by atoms with E-state index >= 15 is 0 Å². The standard InChI is InChI=1S/C19H21BrN2O2/c1-23-18-9-6-16(12-19(18)24-11-3-2-10-21)14-22-13-15-4-7-17(20)8-5-15/h4-9,12,22H,2-3,11,13-14H2,1H3. The first kappa shape index (κ1) is 18.3. The minimum absolute atomic E-state index is 0.497. The van der Waals surface area contributed by atoms with Crippen molar-refractivity contribution in [3.63, 3.8) is 0 Å². The summed E-state index contributed by atoms with van der Waals surface area (Å²) in [6.45, 7) is 2.06. The summed E-state index contributed by atoms with van der Waals surface area (Å²) in [7, 11) is 1.63. The molecule has 0 bridgehead atoms. The second-order valence-corrected chi connectivity index (χ2v) is 6.24. The lowest BCUT2D eigenvalue weighted by molar-refractivity contribution is 0.290. The first-order chi connectivity index (χ1) is 11.7. The maximum Gasteiger partial charge on any atom is 0.161 e. The molecule has 2 rings (SSSR count). The molecule has 0 heterocycles. The van der Waals surface area contributed by atoms with Gasteiger partial charge < -0.3 is 14.8 Å². The van der Waals surface area contributed by atoms with Crippen LogP contribution in [0.25, 0.3) is 0 Å². The first-order valence-electron chi connectivity index (χ1n) is 7.84. The lowest BCUT2D eigenvalue weighted by Gasteiger charge is -2.12. The highest BCUT2D eigenvalue weighted by Crippen LogP contribution is 2.28. The van der Waals surface area contributed by atoms with Crippen molar-refractivity contribution >= 4 is 15.9 Å². The van der Waals surface area contributed by atoms with Gasteiger partial charge in [-0.2, -0.15) is 5.26 Å². The number of hydrogen-bond donors (Lipinski definition) is 1. The molecule has 2 aromatic carbocycles. The molecule has 24 heavy (non-hydrogen) atoms. The van der Waals surface area contributed by atoms with Crippen LogP contribution in [0.15, 0.2) is 46.9 Å². The van der Waals surface area contributed by atoms with Crippen molar-refractivity contribution in [3.8, 4) is 17.6 Å². The molecule has 0 atom stereocenters. The van der Waals surface area contributed by atoms with Crippen molar-refractivity contribution < 1.29 is 9.47 Å². The lowest BCUT2D eigenvalue weighted by atomic mass is 10.2. The van der Waals surface area contributed by atoms with E-state index in [9.17, 15) is 0 Å². The Morgan fingerprint density at radius 3 is 2.46 bits per heavy atom. The van der Waals surface area contributed by atoms with Crippen LogP contribution in [0.3, 0.4) is 0 Å². The summed E-state index contributed by atoms with van der Waals surface area (Å²) in [6.07, 6.45) is 1.21. The number of halogens is 1. The van der Waals surface area contributed by atoms with Gasteiger partial charge in [-0.25, -0.2) is 0 Å². The van der Waals surface area contributed by atoms with Crippen molar-refractivity contribution in [2.45, 2.75) is 25.9 Å². The van der Waals surface area contributed by atoms with Gasteiger partial charge in [-0.1, -0.05) is 34.1 Å². The summed E-state index contributed by atoms with van der Waals surface area (Å²) in [5.74, 6) is 1.43. The van der Waals surface area contributed by atoms with Gasteiger partial charge in [0, 0.05) is 24.0 Å². The van der Waals surface area contributed by atoms with E-state index in [4.69, 9.17) is 14.7 Å². The van der Waals surface area contributed by atoms with E-state index < -0.39 is 0 Å². The normalized spacial score (nSPS) is 10.2. The first-order valence-corrected chi connectivity index (χ1v) is 8.64. The lowest BCUT2D eigenvalue weighted by Crippen LogP contribution is -2.12. The number of methoxy groups -OCH3 is 1. The highest BCUT2D eigenvalue weighted by atomic mass is 79.9. The zero-order valence-corrected chi connectivity index (χ0v) is 15.3. The van der Waals surface area contributed by atoms with Crippen molar-refractivity contribution in [2.75, 3.05) is 13.7 Å². The van der Waals surface area contributed by atoms with Gasteiger partial charge in [0.05, 0.1) is 19.8 Å². The van der Waals surface area contributed by atoms with Gasteiger partial charge in [0.25, 0.3) is 0 Å². The van der Waals surface area contributed by atoms with Crippen LogP contribution in [-0.4, -0.2) is 13.7 Å². The second-order valence-electron chi connectivity index (χ2n) is 5.33. The summed E-state index contributed by atoms with van der Waals surface area (Å²) < 4.78 is 12.1. The van der Waals surface area contributed by atoms with Gasteiger partial charge in [0.2, 0.25) is 0 Å². The highest BCUT2D eigenvalue weighted by molar-refractivity contribution is 9.10. The van der Waals surface area contributed by atoms with Crippen molar-refractivity contribution in [2.24, 2.45) is 0 Å². The zero-order chi connectivity index (χ0) is 17.2. The maximum absolute atomic E-state index is 8.57. The molecule has 0 spiro atoms. The molecule has 5 heteroatoms. The molecule has 1 N–H and O–H groups in total. The van der Waals surface area contributed by atoms with E-state index in [1.54, 1.807) is 7.11 Å². The summed E-state index contributed by atoms with van der Waals surface area (Å²) in [5.41, 5.74) is 2.36. The van der Waals surface area contributed by atoms with E-state index in [2.05, 4.69) is 39.4 Å². The van der Waals surface area contributed by atoms with Gasteiger partial charge in [0.1, 0.15) is 0 Å². The number of rotatable bonds is 9. The van der Waals surface area contributed by atoms with Crippen LogP contribution >= 0.6 is 15.9 Å². The molecule has 0 saturated carbocycles. The summed E-state index contributed by atoms with van der Waals surface area (Å²) >= 11 is 3.44. The van der Waals surface area contributed by atoms with Crippen LogP contribution in [0.1, 0.15) is 24.0 Å². The van der Waals surface area contributed by atoms with Crippen LogP contribution in [-0.2, 0) is 13.1 Å². The Labute approximate surface area is 151 Å². The van der Waals surface area contributed by atoms with Gasteiger partial charge in [-0.3, -0.25) is 0 Å². The monoisotopic (exact) mass is 388 g/mol. The molecule has 0 fully saturated rings. The Balaban J connectivity index is 1.90. The Morgan fingerprint density at radius 1 is 1.04 bits per heavy atom. The van der Waals surface area contributed by atoms with Gasteiger partial charge in [-0.15, -0.1) is 0 Å². The quantitative estimate of drug-likeness (QED) is 0.645. The molecule has 0 amide bonds. The third kappa shape index (κ3) is 5.88. The second kappa shape index (κ2) is 9.96. The summed E-state index contributed by atoms with van der Waals surface area (Å²) in [6, 6.07) is 16.3. The largest absolute Gasteiger partial charge is 0.493 e. The molecule has 0 unspecified atom stereocenters. The molecule has 0 saturated heterocycles. The van der Waals surface area contributed by atoms with E-state index in [0.717, 1.165) is 28.9 Å². The predicted octanol–water partition coefficient (Wildman–Crippen LogP) is 4.43. The molecule has 0 aliphatic rings. The van der Waals surface area contributed by atoms with E-state index in [1.807, 2.05) is 30.3 Å². The number of nitriles is 1. The van der Waals surface area contributed by atoms with Crippen LogP contribution < -0.4 is 14.8 Å². The van der Waals surface area contributed by atoms with Gasteiger partial charge in [0.15, 0.2) is 11.5 Å². The van der Waals surface area contributed by atoms with Crippen LogP contribution in [0.5, 0.6) is 11.5 Å². The Kier molecular flexibility index (Phi) is 7.60. The van der Waals surface area contributed by atoms with Crippen molar-refractivity contribution in [3.05, 3.63) is 58.1 Å². The Bertz CT molecular complexity index is 681. The van der Waals surface area contributed by atoms with Gasteiger partial charge >= 0.3 is 0 Å².